The van der Waals surface area contributed by atoms with E-state index in [1.54, 1.807) is 0 Å². The highest BCUT2D eigenvalue weighted by Crippen LogP contribution is 2.31. The lowest BCUT2D eigenvalue weighted by Crippen LogP contribution is -2.34. The Morgan fingerprint density at radius 1 is 1.26 bits per heavy atom. The van der Waals surface area contributed by atoms with E-state index < -0.39 is 4.92 Å². The van der Waals surface area contributed by atoms with Gasteiger partial charge in [-0.1, -0.05) is 28.1 Å². The van der Waals surface area contributed by atoms with Crippen LogP contribution in [0.25, 0.3) is 0 Å². The maximum atomic E-state index is 10.6. The average molecular weight is 377 g/mol. The number of halogens is 1. The number of aryl methyl sites for hydroxylation is 1. The monoisotopic (exact) mass is 376 g/mol. The van der Waals surface area contributed by atoms with Gasteiger partial charge in [-0.2, -0.15) is 0 Å². The van der Waals surface area contributed by atoms with Crippen LogP contribution in [0.1, 0.15) is 29.9 Å². The van der Waals surface area contributed by atoms with Crippen molar-refractivity contribution in [3.05, 3.63) is 56.3 Å². The minimum Gasteiger partial charge on any atom is -0.341 e. The zero-order valence-corrected chi connectivity index (χ0v) is 14.4. The molecule has 1 aliphatic heterocycles. The fraction of sp³-hybridized carbons (Fsp3) is 0.375. The second-order valence-electron chi connectivity index (χ2n) is 5.77. The lowest BCUT2D eigenvalue weighted by molar-refractivity contribution is -0.385. The first-order valence-corrected chi connectivity index (χ1v) is 8.31. The van der Waals surface area contributed by atoms with Gasteiger partial charge in [-0.3, -0.25) is 10.1 Å². The highest BCUT2D eigenvalue weighted by atomic mass is 79.9. The molecule has 3 rings (SSSR count). The van der Waals surface area contributed by atoms with Gasteiger partial charge in [-0.05, 0) is 42.9 Å². The van der Waals surface area contributed by atoms with Gasteiger partial charge in [0.25, 0.3) is 0 Å². The number of benzene rings is 1. The molecule has 0 amide bonds. The van der Waals surface area contributed by atoms with Gasteiger partial charge in [-0.15, -0.1) is 0 Å². The van der Waals surface area contributed by atoms with E-state index in [1.165, 1.54) is 23.5 Å². The molecule has 2 aromatic rings. The fourth-order valence-electron chi connectivity index (χ4n) is 2.91. The Hall–Kier alpha value is -2.02. The first kappa shape index (κ1) is 15.9. The zero-order valence-electron chi connectivity index (χ0n) is 12.8. The molecule has 0 saturated carbocycles. The smallest absolute Gasteiger partial charge is 0.305 e. The van der Waals surface area contributed by atoms with Gasteiger partial charge in [0.1, 0.15) is 12.4 Å². The molecular weight excluding hydrogens is 360 g/mol. The summed E-state index contributed by atoms with van der Waals surface area (Å²) in [6.07, 6.45) is 4.60. The Bertz CT molecular complexity index is 713. The van der Waals surface area contributed by atoms with Crippen LogP contribution in [0.15, 0.2) is 35.1 Å². The molecule has 6 nitrogen and oxygen atoms in total. The second-order valence-corrected chi connectivity index (χ2v) is 6.62. The van der Waals surface area contributed by atoms with E-state index in [2.05, 4.69) is 55.9 Å². The van der Waals surface area contributed by atoms with E-state index in [4.69, 9.17) is 0 Å². The van der Waals surface area contributed by atoms with Crippen molar-refractivity contribution in [1.29, 1.82) is 0 Å². The minimum absolute atomic E-state index is 0.0750. The molecule has 0 bridgehead atoms. The van der Waals surface area contributed by atoms with Crippen LogP contribution in [0, 0.1) is 17.0 Å². The highest BCUT2D eigenvalue weighted by Gasteiger charge is 2.23. The van der Waals surface area contributed by atoms with Crippen molar-refractivity contribution in [2.24, 2.45) is 0 Å². The van der Waals surface area contributed by atoms with E-state index in [9.17, 15) is 10.1 Å². The van der Waals surface area contributed by atoms with Crippen LogP contribution in [0.5, 0.6) is 0 Å². The van der Waals surface area contributed by atoms with E-state index >= 15 is 0 Å². The van der Waals surface area contributed by atoms with Gasteiger partial charge in [-0.25, -0.2) is 9.97 Å². The van der Waals surface area contributed by atoms with Crippen LogP contribution >= 0.6 is 15.9 Å². The molecule has 120 valence electrons. The Morgan fingerprint density at radius 2 is 1.91 bits per heavy atom. The third-order valence-corrected chi connectivity index (χ3v) is 5.16. The molecule has 0 aliphatic carbocycles. The standard InChI is InChI=1S/C16H17BrN4O2/c1-11-8-13(2-3-15(11)17)12-4-6-20(7-5-12)16-18-9-14(10-19-16)21(22)23/h2-3,8-10,12H,4-7H2,1H3. The van der Waals surface area contributed by atoms with Crippen LogP contribution in [-0.4, -0.2) is 28.0 Å². The first-order chi connectivity index (χ1) is 11.0. The van der Waals surface area contributed by atoms with Crippen molar-refractivity contribution in [3.63, 3.8) is 0 Å². The van der Waals surface area contributed by atoms with E-state index in [0.717, 1.165) is 30.4 Å². The number of hydrogen-bond acceptors (Lipinski definition) is 5. The molecular formula is C16H17BrN4O2. The Kier molecular flexibility index (Phi) is 4.56. The average Bonchev–Trinajstić information content (AvgIpc) is 2.57. The summed E-state index contributed by atoms with van der Waals surface area (Å²) in [6.45, 7) is 3.82. The number of nitro groups is 1. The summed E-state index contributed by atoms with van der Waals surface area (Å²) in [5, 5.41) is 10.6. The van der Waals surface area contributed by atoms with Crippen molar-refractivity contribution in [2.45, 2.75) is 25.7 Å². The van der Waals surface area contributed by atoms with E-state index in [-0.39, 0.29) is 5.69 Å². The summed E-state index contributed by atoms with van der Waals surface area (Å²) in [7, 11) is 0. The second kappa shape index (κ2) is 6.62. The summed E-state index contributed by atoms with van der Waals surface area (Å²) in [6, 6.07) is 6.53. The van der Waals surface area contributed by atoms with Crippen molar-refractivity contribution in [3.8, 4) is 0 Å². The number of rotatable bonds is 3. The lowest BCUT2D eigenvalue weighted by Gasteiger charge is -2.32. The Labute approximate surface area is 142 Å². The van der Waals surface area contributed by atoms with Crippen LogP contribution in [-0.2, 0) is 0 Å². The number of aromatic nitrogens is 2. The summed E-state index contributed by atoms with van der Waals surface area (Å²) < 4.78 is 1.14. The molecule has 0 atom stereocenters. The summed E-state index contributed by atoms with van der Waals surface area (Å²) in [5.41, 5.74) is 2.55. The molecule has 0 N–H and O–H groups in total. The summed E-state index contributed by atoms with van der Waals surface area (Å²) in [5.74, 6) is 1.11. The third kappa shape index (κ3) is 3.50. The van der Waals surface area contributed by atoms with Gasteiger partial charge in [0.15, 0.2) is 0 Å². The Morgan fingerprint density at radius 3 is 2.48 bits per heavy atom. The molecule has 1 aromatic carbocycles. The predicted octanol–water partition coefficient (Wildman–Crippen LogP) is 3.84. The molecule has 0 spiro atoms. The molecule has 0 unspecified atom stereocenters. The number of nitrogens with zero attached hydrogens (tertiary/aromatic N) is 4. The van der Waals surface area contributed by atoms with Gasteiger partial charge < -0.3 is 4.90 Å². The minimum atomic E-state index is -0.480. The maximum absolute atomic E-state index is 10.6. The SMILES string of the molecule is Cc1cc(C2CCN(c3ncc([N+](=O)[O-])cn3)CC2)ccc1Br. The molecule has 1 aliphatic rings. The highest BCUT2D eigenvalue weighted by molar-refractivity contribution is 9.10. The Balaban J connectivity index is 1.65. The molecule has 1 fully saturated rings. The van der Waals surface area contributed by atoms with Crippen molar-refractivity contribution < 1.29 is 4.92 Å². The predicted molar refractivity (Wildman–Crippen MR) is 91.8 cm³/mol. The van der Waals surface area contributed by atoms with Crippen molar-refractivity contribution >= 4 is 27.6 Å². The summed E-state index contributed by atoms with van der Waals surface area (Å²) in [4.78, 5) is 20.5. The lowest BCUT2D eigenvalue weighted by atomic mass is 9.89. The molecule has 0 radical (unpaired) electrons. The van der Waals surface area contributed by atoms with Crippen LogP contribution in [0.2, 0.25) is 0 Å². The third-order valence-electron chi connectivity index (χ3n) is 4.27. The van der Waals surface area contributed by atoms with Gasteiger partial charge in [0, 0.05) is 17.6 Å². The molecule has 1 aromatic heterocycles. The molecule has 2 heterocycles. The quantitative estimate of drug-likeness (QED) is 0.600. The molecule has 7 heteroatoms. The maximum Gasteiger partial charge on any atom is 0.305 e. The number of piperidine rings is 1. The number of anilines is 1. The molecule has 23 heavy (non-hydrogen) atoms. The van der Waals surface area contributed by atoms with Gasteiger partial charge in [0.05, 0.1) is 4.92 Å². The zero-order chi connectivity index (χ0) is 16.4. The van der Waals surface area contributed by atoms with Crippen LogP contribution in [0.4, 0.5) is 11.6 Å². The van der Waals surface area contributed by atoms with Gasteiger partial charge >= 0.3 is 5.69 Å². The van der Waals surface area contributed by atoms with E-state index in [0.29, 0.717) is 11.9 Å². The largest absolute Gasteiger partial charge is 0.341 e. The van der Waals surface area contributed by atoms with Crippen molar-refractivity contribution in [2.75, 3.05) is 18.0 Å². The topological polar surface area (TPSA) is 72.2 Å². The fourth-order valence-corrected chi connectivity index (χ4v) is 3.15. The summed E-state index contributed by atoms with van der Waals surface area (Å²) >= 11 is 3.54. The van der Waals surface area contributed by atoms with Crippen LogP contribution in [0.3, 0.4) is 0 Å². The molecule has 1 saturated heterocycles. The van der Waals surface area contributed by atoms with Gasteiger partial charge in [0.2, 0.25) is 5.95 Å². The van der Waals surface area contributed by atoms with Crippen molar-refractivity contribution in [1.82, 2.24) is 9.97 Å². The first-order valence-electron chi connectivity index (χ1n) is 7.52. The number of hydrogen-bond donors (Lipinski definition) is 0. The normalized spacial score (nSPS) is 15.7. The van der Waals surface area contributed by atoms with Crippen LogP contribution < -0.4 is 4.90 Å². The van der Waals surface area contributed by atoms with E-state index in [1.807, 2.05) is 0 Å².